The normalized spacial score (nSPS) is 22.1. The average molecular weight is 418 g/mol. The van der Waals surface area contributed by atoms with Crippen molar-refractivity contribution >= 4 is 29.0 Å². The molecule has 150 valence electrons. The Labute approximate surface area is 179 Å². The van der Waals surface area contributed by atoms with Crippen LogP contribution in [-0.2, 0) is 6.42 Å². The molecule has 2 aromatic carbocycles. The molecule has 0 radical (unpaired) electrons. The molecule has 0 spiro atoms. The van der Waals surface area contributed by atoms with E-state index in [2.05, 4.69) is 17.2 Å². The summed E-state index contributed by atoms with van der Waals surface area (Å²) in [5, 5.41) is 26.1. The number of fused-ring (bicyclic) bond motifs is 3. The lowest BCUT2D eigenvalue weighted by molar-refractivity contribution is 0.0696. The van der Waals surface area contributed by atoms with E-state index < -0.39 is 5.97 Å². The number of anilines is 1. The van der Waals surface area contributed by atoms with Crippen molar-refractivity contribution in [1.82, 2.24) is 0 Å². The van der Waals surface area contributed by atoms with Crippen molar-refractivity contribution in [2.75, 3.05) is 5.01 Å². The molecule has 3 aliphatic rings. The molecule has 6 heteroatoms. The number of hydrogen-bond donors (Lipinski definition) is 1. The lowest BCUT2D eigenvalue weighted by atomic mass is 9.76. The Morgan fingerprint density at radius 3 is 2.80 bits per heavy atom. The van der Waals surface area contributed by atoms with Crippen molar-refractivity contribution in [3.8, 4) is 6.07 Å². The molecule has 0 aromatic heterocycles. The lowest BCUT2D eigenvalue weighted by Crippen LogP contribution is -2.37. The summed E-state index contributed by atoms with van der Waals surface area (Å²) in [6.45, 7) is 0. The minimum atomic E-state index is -0.906. The molecule has 0 amide bonds. The van der Waals surface area contributed by atoms with Gasteiger partial charge in [-0.25, -0.2) is 4.79 Å². The lowest BCUT2D eigenvalue weighted by Gasteiger charge is -2.31. The number of benzene rings is 2. The Balaban J connectivity index is 1.61. The molecule has 2 atom stereocenters. The predicted octanol–water partition coefficient (Wildman–Crippen LogP) is 5.18. The van der Waals surface area contributed by atoms with Gasteiger partial charge in [0, 0.05) is 11.5 Å². The number of rotatable bonds is 3. The minimum absolute atomic E-state index is 0.138. The third-order valence-corrected chi connectivity index (χ3v) is 6.67. The van der Waals surface area contributed by atoms with E-state index >= 15 is 0 Å². The summed E-state index contributed by atoms with van der Waals surface area (Å²) < 4.78 is 0. The Hall–Kier alpha value is -3.10. The second kappa shape index (κ2) is 7.30. The largest absolute Gasteiger partial charge is 0.478 e. The number of allylic oxidation sites excluding steroid dienone is 1. The second-order valence-electron chi connectivity index (χ2n) is 8.04. The van der Waals surface area contributed by atoms with Gasteiger partial charge >= 0.3 is 5.97 Å². The zero-order valence-corrected chi connectivity index (χ0v) is 17.1. The molecular formula is C24H20ClN3O2. The first-order chi connectivity index (χ1) is 14.6. The van der Waals surface area contributed by atoms with Crippen LogP contribution < -0.4 is 5.01 Å². The van der Waals surface area contributed by atoms with E-state index in [-0.39, 0.29) is 12.0 Å². The van der Waals surface area contributed by atoms with Gasteiger partial charge in [0.15, 0.2) is 0 Å². The number of halogens is 1. The molecule has 0 saturated carbocycles. The first-order valence-electron chi connectivity index (χ1n) is 10.2. The van der Waals surface area contributed by atoms with Gasteiger partial charge < -0.3 is 5.11 Å². The van der Waals surface area contributed by atoms with Crippen LogP contribution >= 0.6 is 11.6 Å². The van der Waals surface area contributed by atoms with Gasteiger partial charge in [-0.3, -0.25) is 5.01 Å². The van der Waals surface area contributed by atoms with Crippen molar-refractivity contribution in [2.24, 2.45) is 11.0 Å². The van der Waals surface area contributed by atoms with Crippen LogP contribution in [0.25, 0.3) is 0 Å². The highest BCUT2D eigenvalue weighted by molar-refractivity contribution is 6.32. The number of aromatic carboxylic acids is 1. The molecule has 2 aromatic rings. The molecule has 5 nitrogen and oxygen atoms in total. The van der Waals surface area contributed by atoms with E-state index in [4.69, 9.17) is 16.7 Å². The van der Waals surface area contributed by atoms with E-state index in [0.717, 1.165) is 54.6 Å². The quantitative estimate of drug-likeness (QED) is 0.698. The summed E-state index contributed by atoms with van der Waals surface area (Å²) in [6, 6.07) is 13.1. The average Bonchev–Trinajstić information content (AvgIpc) is 3.40. The van der Waals surface area contributed by atoms with E-state index in [9.17, 15) is 15.2 Å². The standard InChI is InChI=1S/C24H20ClN3O2/c25-21-12-18(8-5-17(21)13-26)28-23(14-3-1-2-4-14)20-10-6-15-11-16(24(29)30)7-9-19(15)22(20)27-28/h3,5,7-9,11-12,20,23H,1-2,4,6,10H2,(H,29,30). The number of carboxylic acids is 1. The van der Waals surface area contributed by atoms with Crippen LogP contribution in [0.4, 0.5) is 5.69 Å². The van der Waals surface area contributed by atoms with Crippen LogP contribution in [0.1, 0.15) is 52.7 Å². The maximum Gasteiger partial charge on any atom is 0.335 e. The number of hydrazone groups is 1. The van der Waals surface area contributed by atoms with Crippen molar-refractivity contribution < 1.29 is 9.90 Å². The summed E-state index contributed by atoms with van der Waals surface area (Å²) in [5.74, 6) is -0.650. The molecule has 1 aliphatic heterocycles. The molecule has 2 unspecified atom stereocenters. The first-order valence-corrected chi connectivity index (χ1v) is 10.6. The molecule has 0 saturated heterocycles. The molecule has 0 bridgehead atoms. The summed E-state index contributed by atoms with van der Waals surface area (Å²) in [7, 11) is 0. The second-order valence-corrected chi connectivity index (χ2v) is 8.45. The molecule has 0 fully saturated rings. The third kappa shape index (κ3) is 3.00. The van der Waals surface area contributed by atoms with Gasteiger partial charge in [-0.2, -0.15) is 10.4 Å². The highest BCUT2D eigenvalue weighted by atomic mass is 35.5. The summed E-state index contributed by atoms with van der Waals surface area (Å²) >= 11 is 6.33. The van der Waals surface area contributed by atoms with Crippen LogP contribution in [0.15, 0.2) is 53.1 Å². The van der Waals surface area contributed by atoms with Crippen LogP contribution in [0, 0.1) is 17.2 Å². The van der Waals surface area contributed by atoms with Gasteiger partial charge in [-0.05, 0) is 73.6 Å². The Bertz CT molecular complexity index is 1160. The zero-order chi connectivity index (χ0) is 20.8. The highest BCUT2D eigenvalue weighted by Gasteiger charge is 2.43. The number of carboxylic acid groups (broad SMARTS) is 1. The smallest absolute Gasteiger partial charge is 0.335 e. The van der Waals surface area contributed by atoms with Crippen LogP contribution in [0.3, 0.4) is 0 Å². The Morgan fingerprint density at radius 2 is 2.10 bits per heavy atom. The van der Waals surface area contributed by atoms with E-state index in [1.54, 1.807) is 18.2 Å². The van der Waals surface area contributed by atoms with Crippen LogP contribution in [0.2, 0.25) is 5.02 Å². The fraction of sp³-hybridized carbons (Fsp3) is 0.292. The zero-order valence-electron chi connectivity index (χ0n) is 16.3. The maximum absolute atomic E-state index is 11.4. The fourth-order valence-corrected chi connectivity index (χ4v) is 5.17. The molecule has 1 N–H and O–H groups in total. The summed E-state index contributed by atoms with van der Waals surface area (Å²) in [5.41, 5.74) is 6.16. The van der Waals surface area contributed by atoms with E-state index in [0.29, 0.717) is 16.1 Å². The molecule has 2 aliphatic carbocycles. The van der Waals surface area contributed by atoms with Gasteiger partial charge in [0.1, 0.15) is 6.07 Å². The fourth-order valence-electron chi connectivity index (χ4n) is 4.95. The third-order valence-electron chi connectivity index (χ3n) is 6.36. The molecule has 5 rings (SSSR count). The first kappa shape index (κ1) is 18.9. The molecular weight excluding hydrogens is 398 g/mol. The monoisotopic (exact) mass is 417 g/mol. The summed E-state index contributed by atoms with van der Waals surface area (Å²) in [4.78, 5) is 11.4. The van der Waals surface area contributed by atoms with E-state index in [1.807, 2.05) is 18.2 Å². The van der Waals surface area contributed by atoms with Gasteiger partial charge in [0.25, 0.3) is 0 Å². The van der Waals surface area contributed by atoms with Gasteiger partial charge in [-0.1, -0.05) is 23.7 Å². The topological polar surface area (TPSA) is 76.7 Å². The number of nitrogens with zero attached hydrogens (tertiary/aromatic N) is 3. The number of carbonyl (C=O) groups is 1. The van der Waals surface area contributed by atoms with Crippen molar-refractivity contribution in [3.63, 3.8) is 0 Å². The van der Waals surface area contributed by atoms with Gasteiger partial charge in [-0.15, -0.1) is 0 Å². The van der Waals surface area contributed by atoms with Crippen LogP contribution in [0.5, 0.6) is 0 Å². The van der Waals surface area contributed by atoms with E-state index in [1.165, 1.54) is 5.57 Å². The van der Waals surface area contributed by atoms with Crippen molar-refractivity contribution in [3.05, 3.63) is 75.3 Å². The maximum atomic E-state index is 11.4. The Kier molecular flexibility index (Phi) is 4.60. The van der Waals surface area contributed by atoms with Crippen molar-refractivity contribution in [2.45, 2.75) is 38.1 Å². The Morgan fingerprint density at radius 1 is 1.23 bits per heavy atom. The minimum Gasteiger partial charge on any atom is -0.478 e. The number of aryl methyl sites for hydroxylation is 1. The SMILES string of the molecule is N#Cc1ccc(N2N=C3c4ccc(C(=O)O)cc4CCC3C2C2=CCCC2)cc1Cl. The van der Waals surface area contributed by atoms with Gasteiger partial charge in [0.05, 0.1) is 33.6 Å². The summed E-state index contributed by atoms with van der Waals surface area (Å²) in [6.07, 6.45) is 7.42. The van der Waals surface area contributed by atoms with Crippen LogP contribution in [-0.4, -0.2) is 22.8 Å². The molecule has 1 heterocycles. The van der Waals surface area contributed by atoms with Crippen molar-refractivity contribution in [1.29, 1.82) is 5.26 Å². The van der Waals surface area contributed by atoms with Gasteiger partial charge in [0.2, 0.25) is 0 Å². The highest BCUT2D eigenvalue weighted by Crippen LogP contribution is 2.43. The number of nitriles is 1. The predicted molar refractivity (Wildman–Crippen MR) is 116 cm³/mol. The molecule has 30 heavy (non-hydrogen) atoms. The number of hydrogen-bond acceptors (Lipinski definition) is 4.